The monoisotopic (exact) mass is 560 g/mol. The van der Waals surface area contributed by atoms with Crippen molar-refractivity contribution < 1.29 is 45.4 Å². The lowest BCUT2D eigenvalue weighted by atomic mass is 9.78. The molecule has 2 fully saturated rings. The van der Waals surface area contributed by atoms with Crippen LogP contribution in [0.1, 0.15) is 53.0 Å². The van der Waals surface area contributed by atoms with Crippen LogP contribution in [0.2, 0.25) is 0 Å². The molecule has 2 aromatic carbocycles. The largest absolute Gasteiger partial charge is 0.416 e. The first kappa shape index (κ1) is 28.8. The maximum absolute atomic E-state index is 13.9. The first-order chi connectivity index (χ1) is 18.2. The molecule has 2 atom stereocenters. The summed E-state index contributed by atoms with van der Waals surface area (Å²) >= 11 is 0. The van der Waals surface area contributed by atoms with Crippen LogP contribution in [0.25, 0.3) is 0 Å². The van der Waals surface area contributed by atoms with Gasteiger partial charge in [-0.25, -0.2) is 4.39 Å². The lowest BCUT2D eigenvalue weighted by Gasteiger charge is -2.40. The molecule has 2 amide bonds. The maximum atomic E-state index is 13.9. The Labute approximate surface area is 220 Å². The molecule has 212 valence electrons. The van der Waals surface area contributed by atoms with Crippen LogP contribution in [0.3, 0.4) is 0 Å². The number of amides is 2. The van der Waals surface area contributed by atoms with E-state index in [-0.39, 0.29) is 37.2 Å². The average molecular weight is 561 g/mol. The van der Waals surface area contributed by atoms with E-state index in [1.807, 2.05) is 0 Å². The summed E-state index contributed by atoms with van der Waals surface area (Å²) in [5.74, 6) is -2.87. The topological polar surface area (TPSA) is 60.9 Å². The van der Waals surface area contributed by atoms with Gasteiger partial charge in [0.1, 0.15) is 12.4 Å². The third-order valence-corrected chi connectivity index (χ3v) is 7.32. The third-order valence-electron chi connectivity index (χ3n) is 7.32. The van der Waals surface area contributed by atoms with Crippen molar-refractivity contribution in [3.63, 3.8) is 0 Å². The molecule has 4 rings (SSSR count). The fourth-order valence-electron chi connectivity index (χ4n) is 5.24. The van der Waals surface area contributed by atoms with E-state index in [0.29, 0.717) is 36.1 Å². The van der Waals surface area contributed by atoms with Gasteiger partial charge in [-0.1, -0.05) is 6.07 Å². The molecule has 5 nitrogen and oxygen atoms in total. The predicted molar refractivity (Wildman–Crippen MR) is 126 cm³/mol. The highest BCUT2D eigenvalue weighted by Gasteiger charge is 2.43. The molecular formula is C27H27F7N2O3. The second-order valence-electron chi connectivity index (χ2n) is 10.1. The number of likely N-dealkylation sites (tertiary alicyclic amines) is 1. The summed E-state index contributed by atoms with van der Waals surface area (Å²) < 4.78 is 94.2. The Morgan fingerprint density at radius 1 is 0.974 bits per heavy atom. The van der Waals surface area contributed by atoms with Crippen LogP contribution in [0, 0.1) is 18.7 Å². The molecule has 39 heavy (non-hydrogen) atoms. The van der Waals surface area contributed by atoms with Crippen LogP contribution >= 0.6 is 0 Å². The average Bonchev–Trinajstić information content (AvgIpc) is 3.70. The van der Waals surface area contributed by atoms with Gasteiger partial charge < -0.3 is 14.9 Å². The first-order valence-corrected chi connectivity index (χ1v) is 12.4. The summed E-state index contributed by atoms with van der Waals surface area (Å²) in [5, 5.41) is 9.33. The Bertz CT molecular complexity index is 1210. The van der Waals surface area contributed by atoms with Crippen molar-refractivity contribution in [1.29, 1.82) is 0 Å². The molecule has 1 aliphatic carbocycles. The minimum Gasteiger partial charge on any atom is -0.387 e. The zero-order valence-corrected chi connectivity index (χ0v) is 20.9. The number of halogens is 7. The van der Waals surface area contributed by atoms with Crippen molar-refractivity contribution in [2.45, 2.75) is 57.0 Å². The normalized spacial score (nSPS) is 20.2. The molecule has 0 spiro atoms. The lowest BCUT2D eigenvalue weighted by Crippen LogP contribution is -2.49. The summed E-state index contributed by atoms with van der Waals surface area (Å²) in [5.41, 5.74) is -2.07. The fraction of sp³-hybridized carbons (Fsp3) is 0.481. The number of alkyl halides is 6. The summed E-state index contributed by atoms with van der Waals surface area (Å²) in [6.45, 7) is 0.641. The molecule has 0 radical (unpaired) electrons. The molecule has 0 bridgehead atoms. The van der Waals surface area contributed by atoms with E-state index in [1.165, 1.54) is 28.0 Å². The minimum absolute atomic E-state index is 0.0442. The van der Waals surface area contributed by atoms with Crippen molar-refractivity contribution in [1.82, 2.24) is 9.80 Å². The molecule has 1 heterocycles. The van der Waals surface area contributed by atoms with Crippen LogP contribution in [0.5, 0.6) is 0 Å². The van der Waals surface area contributed by atoms with Crippen molar-refractivity contribution >= 4 is 11.8 Å². The van der Waals surface area contributed by atoms with Crippen molar-refractivity contribution in [3.8, 4) is 0 Å². The predicted octanol–water partition coefficient (Wildman–Crippen LogP) is 5.29. The van der Waals surface area contributed by atoms with Gasteiger partial charge in [0, 0.05) is 37.5 Å². The highest BCUT2D eigenvalue weighted by Crippen LogP contribution is 2.40. The number of carbonyl (C=O) groups excluding carboxylic acids is 2. The SMILES string of the molecule is Cc1cc(F)ccc1C1CN(C(=O)CO)CCC1C(=O)N(Cc1cc(C(F)(F)F)cc(C(F)(F)F)c1)C1CC1. The van der Waals surface area contributed by atoms with Gasteiger partial charge in [0.15, 0.2) is 0 Å². The Morgan fingerprint density at radius 3 is 2.10 bits per heavy atom. The summed E-state index contributed by atoms with van der Waals surface area (Å²) in [4.78, 5) is 28.8. The second kappa shape index (κ2) is 10.8. The Balaban J connectivity index is 1.69. The van der Waals surface area contributed by atoms with E-state index in [1.54, 1.807) is 6.92 Å². The maximum Gasteiger partial charge on any atom is 0.416 e. The van der Waals surface area contributed by atoms with E-state index in [9.17, 15) is 45.4 Å². The van der Waals surface area contributed by atoms with E-state index in [0.717, 1.165) is 0 Å². The number of piperidine rings is 1. The molecule has 1 N–H and O–H groups in total. The summed E-state index contributed by atoms with van der Waals surface area (Å²) in [6, 6.07) is 4.97. The molecule has 0 aromatic heterocycles. The number of hydrogen-bond donors (Lipinski definition) is 1. The molecule has 12 heteroatoms. The van der Waals surface area contributed by atoms with Gasteiger partial charge in [-0.3, -0.25) is 9.59 Å². The standard InChI is InChI=1S/C27H27F7N2O3/c1-15-8-19(28)2-5-21(15)23-13-35(24(38)14-37)7-6-22(23)25(39)36(20-3-4-20)12-16-9-17(26(29,30)31)11-18(10-16)27(32,33)34/h2,5,8-11,20,22-23,37H,3-4,6-7,12-14H2,1H3. The molecule has 1 aliphatic heterocycles. The molecule has 1 saturated heterocycles. The molecule has 2 aliphatic rings. The van der Waals surface area contributed by atoms with Crippen molar-refractivity contribution in [3.05, 3.63) is 70.0 Å². The lowest BCUT2D eigenvalue weighted by molar-refractivity contribution is -0.144. The quantitative estimate of drug-likeness (QED) is 0.489. The number of nitrogens with zero attached hydrogens (tertiary/aromatic N) is 2. The number of aliphatic hydroxyl groups is 1. The number of rotatable bonds is 6. The summed E-state index contributed by atoms with van der Waals surface area (Å²) in [7, 11) is 0. The molecular weight excluding hydrogens is 533 g/mol. The van der Waals surface area contributed by atoms with Crippen LogP contribution < -0.4 is 0 Å². The number of aliphatic hydroxyl groups excluding tert-OH is 1. The van der Waals surface area contributed by atoms with Gasteiger partial charge in [0.05, 0.1) is 11.1 Å². The van der Waals surface area contributed by atoms with Gasteiger partial charge in [-0.2, -0.15) is 26.3 Å². The van der Waals surface area contributed by atoms with Crippen molar-refractivity contribution in [2.24, 2.45) is 5.92 Å². The number of carbonyl (C=O) groups is 2. The van der Waals surface area contributed by atoms with Crippen molar-refractivity contribution in [2.75, 3.05) is 19.7 Å². The van der Waals surface area contributed by atoms with Gasteiger partial charge in [0.2, 0.25) is 11.8 Å². The summed E-state index contributed by atoms with van der Waals surface area (Å²) in [6.07, 6.45) is -8.76. The van der Waals surface area contributed by atoms with Gasteiger partial charge in [0.25, 0.3) is 0 Å². The highest BCUT2D eigenvalue weighted by molar-refractivity contribution is 5.82. The molecule has 2 aromatic rings. The fourth-order valence-corrected chi connectivity index (χ4v) is 5.24. The van der Waals surface area contributed by atoms with E-state index < -0.39 is 66.1 Å². The van der Waals surface area contributed by atoms with Crippen LogP contribution in [-0.4, -0.2) is 52.5 Å². The third kappa shape index (κ3) is 6.54. The smallest absolute Gasteiger partial charge is 0.387 e. The Hall–Kier alpha value is -3.15. The number of benzene rings is 2. The van der Waals surface area contributed by atoms with E-state index >= 15 is 0 Å². The van der Waals surface area contributed by atoms with Gasteiger partial charge >= 0.3 is 12.4 Å². The van der Waals surface area contributed by atoms with E-state index in [2.05, 4.69) is 0 Å². The van der Waals surface area contributed by atoms with Crippen LogP contribution in [0.4, 0.5) is 30.7 Å². The van der Waals surface area contributed by atoms with Crippen LogP contribution in [0.15, 0.2) is 36.4 Å². The Kier molecular flexibility index (Phi) is 7.98. The highest BCUT2D eigenvalue weighted by atomic mass is 19.4. The minimum atomic E-state index is -5.01. The Morgan fingerprint density at radius 2 is 1.59 bits per heavy atom. The zero-order chi connectivity index (χ0) is 28.7. The van der Waals surface area contributed by atoms with Gasteiger partial charge in [-0.05, 0) is 73.2 Å². The first-order valence-electron chi connectivity index (χ1n) is 12.4. The van der Waals surface area contributed by atoms with Crippen LogP contribution in [-0.2, 0) is 28.5 Å². The molecule has 1 saturated carbocycles. The number of aryl methyl sites for hydroxylation is 1. The van der Waals surface area contributed by atoms with E-state index in [4.69, 9.17) is 0 Å². The number of hydrogen-bond acceptors (Lipinski definition) is 3. The zero-order valence-electron chi connectivity index (χ0n) is 20.9. The van der Waals surface area contributed by atoms with Gasteiger partial charge in [-0.15, -0.1) is 0 Å². The molecule has 2 unspecified atom stereocenters. The second-order valence-corrected chi connectivity index (χ2v) is 10.1.